The molecule has 3 N–H and O–H groups in total. The first kappa shape index (κ1) is 25.1. The predicted octanol–water partition coefficient (Wildman–Crippen LogP) is 2.76. The maximum absolute atomic E-state index is 12.3. The molecule has 1 aromatic carbocycles. The van der Waals surface area contributed by atoms with Crippen molar-refractivity contribution in [3.05, 3.63) is 23.8 Å². The van der Waals surface area contributed by atoms with Crippen molar-refractivity contribution < 1.29 is 28.7 Å². The molecule has 1 aliphatic heterocycles. The van der Waals surface area contributed by atoms with Gasteiger partial charge in [-0.25, -0.2) is 0 Å². The molecule has 8 nitrogen and oxygen atoms in total. The van der Waals surface area contributed by atoms with Gasteiger partial charge in [0.05, 0.1) is 0 Å². The summed E-state index contributed by atoms with van der Waals surface area (Å²) in [7, 11) is 3.82. The van der Waals surface area contributed by atoms with E-state index in [9.17, 15) is 19.2 Å². The second-order valence-corrected chi connectivity index (χ2v) is 10.1. The topological polar surface area (TPSA) is 125 Å². The molecular weight excluding hydrogens is 440 g/mol. The predicted molar refractivity (Wildman–Crippen MR) is 121 cm³/mol. The first-order valence-electron chi connectivity index (χ1n) is 10.1. The molecule has 170 valence electrons. The molecule has 2 amide bonds. The van der Waals surface area contributed by atoms with Crippen molar-refractivity contribution in [2.24, 2.45) is 5.73 Å². The third kappa shape index (κ3) is 9.22. The maximum Gasteiger partial charge on any atom is 0.308 e. The van der Waals surface area contributed by atoms with E-state index in [1.807, 2.05) is 21.6 Å². The Morgan fingerprint density at radius 3 is 2.45 bits per heavy atom. The van der Waals surface area contributed by atoms with E-state index in [0.717, 1.165) is 19.3 Å². The SMILES string of the molecule is CC(=O)Oc1ccc(C[C@H](NC(=O)CCCCC2CCSS2)C(N)=O)cc1OC(C)=O. The average molecular weight is 469 g/mol. The van der Waals surface area contributed by atoms with E-state index >= 15 is 0 Å². The van der Waals surface area contributed by atoms with Crippen molar-refractivity contribution in [1.29, 1.82) is 0 Å². The van der Waals surface area contributed by atoms with Crippen LogP contribution in [0.2, 0.25) is 0 Å². The molecule has 1 fully saturated rings. The van der Waals surface area contributed by atoms with E-state index in [-0.39, 0.29) is 23.8 Å². The Bertz CT molecular complexity index is 811. The number of nitrogens with two attached hydrogens (primary N) is 1. The highest BCUT2D eigenvalue weighted by Gasteiger charge is 2.21. The van der Waals surface area contributed by atoms with Gasteiger partial charge >= 0.3 is 11.9 Å². The Morgan fingerprint density at radius 2 is 1.84 bits per heavy atom. The van der Waals surface area contributed by atoms with Crippen LogP contribution in [0.1, 0.15) is 51.5 Å². The molecule has 1 heterocycles. The lowest BCUT2D eigenvalue weighted by Crippen LogP contribution is -2.45. The Kier molecular flexibility index (Phi) is 10.2. The number of esters is 2. The Morgan fingerprint density at radius 1 is 1.13 bits per heavy atom. The Hall–Kier alpha value is -2.20. The van der Waals surface area contributed by atoms with E-state index in [1.54, 1.807) is 6.07 Å². The highest BCUT2D eigenvalue weighted by molar-refractivity contribution is 8.77. The molecule has 0 bridgehead atoms. The number of carbonyl (C=O) groups is 4. The summed E-state index contributed by atoms with van der Waals surface area (Å²) in [6.07, 6.45) is 4.49. The number of ether oxygens (including phenoxy) is 2. The Balaban J connectivity index is 1.93. The van der Waals surface area contributed by atoms with Crippen LogP contribution in [-0.4, -0.2) is 40.8 Å². The minimum atomic E-state index is -0.904. The van der Waals surface area contributed by atoms with Crippen molar-refractivity contribution in [2.75, 3.05) is 5.75 Å². The van der Waals surface area contributed by atoms with Gasteiger partial charge in [0, 0.05) is 37.7 Å². The summed E-state index contributed by atoms with van der Waals surface area (Å²) in [5.41, 5.74) is 6.06. The van der Waals surface area contributed by atoms with Gasteiger partial charge in [0.25, 0.3) is 0 Å². The van der Waals surface area contributed by atoms with Gasteiger partial charge in [-0.1, -0.05) is 34.1 Å². The summed E-state index contributed by atoms with van der Waals surface area (Å²) in [6, 6.07) is 3.66. The number of unbranched alkanes of at least 4 members (excludes halogenated alkanes) is 1. The smallest absolute Gasteiger partial charge is 0.308 e. The van der Waals surface area contributed by atoms with Crippen molar-refractivity contribution in [1.82, 2.24) is 5.32 Å². The third-order valence-electron chi connectivity index (χ3n) is 4.54. The van der Waals surface area contributed by atoms with Crippen LogP contribution in [0.5, 0.6) is 11.5 Å². The van der Waals surface area contributed by atoms with Crippen LogP contribution < -0.4 is 20.5 Å². The normalized spacial score (nSPS) is 16.4. The number of hydrogen-bond donors (Lipinski definition) is 2. The molecule has 0 aliphatic carbocycles. The maximum atomic E-state index is 12.3. The molecule has 31 heavy (non-hydrogen) atoms. The molecule has 1 unspecified atom stereocenters. The van der Waals surface area contributed by atoms with Gasteiger partial charge in [-0.3, -0.25) is 19.2 Å². The zero-order valence-electron chi connectivity index (χ0n) is 17.7. The molecule has 0 spiro atoms. The zero-order chi connectivity index (χ0) is 22.8. The number of nitrogens with one attached hydrogen (secondary N) is 1. The molecular formula is C21H28N2O6S2. The lowest BCUT2D eigenvalue weighted by Gasteiger charge is -2.17. The highest BCUT2D eigenvalue weighted by Crippen LogP contribution is 2.39. The minimum absolute atomic E-state index is 0.0534. The van der Waals surface area contributed by atoms with Crippen molar-refractivity contribution in [3.8, 4) is 11.5 Å². The van der Waals surface area contributed by atoms with Crippen molar-refractivity contribution >= 4 is 45.3 Å². The zero-order valence-corrected chi connectivity index (χ0v) is 19.3. The van der Waals surface area contributed by atoms with Gasteiger partial charge in [0.2, 0.25) is 11.8 Å². The van der Waals surface area contributed by atoms with Crippen LogP contribution >= 0.6 is 21.6 Å². The second-order valence-electron chi connectivity index (χ2n) is 7.27. The van der Waals surface area contributed by atoms with Crippen LogP contribution in [-0.2, 0) is 25.6 Å². The quantitative estimate of drug-likeness (QED) is 0.220. The number of rotatable bonds is 11. The minimum Gasteiger partial charge on any atom is -0.423 e. The van der Waals surface area contributed by atoms with Crippen LogP contribution in [0, 0.1) is 0 Å². The first-order chi connectivity index (χ1) is 14.7. The van der Waals surface area contributed by atoms with Crippen molar-refractivity contribution in [3.63, 3.8) is 0 Å². The second kappa shape index (κ2) is 12.6. The summed E-state index contributed by atoms with van der Waals surface area (Å²) < 4.78 is 10.1. The molecule has 2 rings (SSSR count). The highest BCUT2D eigenvalue weighted by atomic mass is 33.1. The van der Waals surface area contributed by atoms with Crippen molar-refractivity contribution in [2.45, 2.75) is 63.7 Å². The van der Waals surface area contributed by atoms with Crippen LogP contribution in [0.25, 0.3) is 0 Å². The summed E-state index contributed by atoms with van der Waals surface area (Å²) >= 11 is 0. The van der Waals surface area contributed by atoms with Crippen LogP contribution in [0.3, 0.4) is 0 Å². The van der Waals surface area contributed by atoms with E-state index in [1.165, 1.54) is 38.2 Å². The summed E-state index contributed by atoms with van der Waals surface area (Å²) in [5.74, 6) is -0.701. The molecule has 1 aromatic rings. The van der Waals surface area contributed by atoms with Crippen LogP contribution in [0.4, 0.5) is 0 Å². The summed E-state index contributed by atoms with van der Waals surface area (Å²) in [6.45, 7) is 2.45. The largest absolute Gasteiger partial charge is 0.423 e. The average Bonchev–Trinajstić information content (AvgIpc) is 3.19. The van der Waals surface area contributed by atoms with Gasteiger partial charge in [-0.15, -0.1) is 0 Å². The van der Waals surface area contributed by atoms with E-state index in [0.29, 0.717) is 17.2 Å². The summed E-state index contributed by atoms with van der Waals surface area (Å²) in [5, 5.41) is 3.36. The molecule has 1 aliphatic rings. The Labute approximate surface area is 189 Å². The van der Waals surface area contributed by atoms with Gasteiger partial charge < -0.3 is 20.5 Å². The summed E-state index contributed by atoms with van der Waals surface area (Å²) in [4.78, 5) is 46.7. The fourth-order valence-corrected chi connectivity index (χ4v) is 6.13. The van der Waals surface area contributed by atoms with Gasteiger partial charge in [-0.05, 0) is 37.0 Å². The number of primary amides is 1. The molecule has 0 saturated carbocycles. The van der Waals surface area contributed by atoms with E-state index in [2.05, 4.69) is 5.32 Å². The number of benzene rings is 1. The fraction of sp³-hybridized carbons (Fsp3) is 0.524. The van der Waals surface area contributed by atoms with Gasteiger partial charge in [0.15, 0.2) is 11.5 Å². The van der Waals surface area contributed by atoms with Crippen LogP contribution in [0.15, 0.2) is 18.2 Å². The van der Waals surface area contributed by atoms with Gasteiger partial charge in [-0.2, -0.15) is 0 Å². The third-order valence-corrected chi connectivity index (χ3v) is 7.55. The molecule has 0 aromatic heterocycles. The molecule has 2 atom stereocenters. The first-order valence-corrected chi connectivity index (χ1v) is 12.5. The van der Waals surface area contributed by atoms with E-state index < -0.39 is 23.9 Å². The fourth-order valence-electron chi connectivity index (χ4n) is 3.10. The lowest BCUT2D eigenvalue weighted by atomic mass is 10.0. The van der Waals surface area contributed by atoms with Gasteiger partial charge in [0.1, 0.15) is 6.04 Å². The monoisotopic (exact) mass is 468 g/mol. The standard InChI is InChI=1S/C21H28N2O6S2/c1-13(24)28-18-8-7-15(12-19(18)29-14(2)25)11-17(21(22)27)23-20(26)6-4-3-5-16-9-10-30-31-16/h7-8,12,16-17H,3-6,9-11H2,1-2H3,(H2,22,27)(H,23,26)/t16?,17-/m0/s1. The molecule has 10 heteroatoms. The van der Waals surface area contributed by atoms with E-state index in [4.69, 9.17) is 15.2 Å². The number of carbonyl (C=O) groups excluding carboxylic acids is 4. The number of hydrogen-bond acceptors (Lipinski definition) is 8. The molecule has 0 radical (unpaired) electrons. The molecule has 1 saturated heterocycles. The number of amides is 2. The lowest BCUT2D eigenvalue weighted by molar-refractivity contribution is -0.134.